The van der Waals surface area contributed by atoms with Crippen molar-refractivity contribution in [3.63, 3.8) is 0 Å². The Bertz CT molecular complexity index is 331. The van der Waals surface area contributed by atoms with Crippen molar-refractivity contribution < 1.29 is 9.53 Å². The van der Waals surface area contributed by atoms with Gasteiger partial charge in [0.15, 0.2) is 0 Å². The fourth-order valence-electron chi connectivity index (χ4n) is 1.04. The lowest BCUT2D eigenvalue weighted by atomic mass is 10.3. The van der Waals surface area contributed by atoms with E-state index in [1.165, 1.54) is 12.3 Å². The molecule has 0 aliphatic rings. The van der Waals surface area contributed by atoms with Gasteiger partial charge in [0.25, 0.3) is 5.91 Å². The van der Waals surface area contributed by atoms with Gasteiger partial charge in [0, 0.05) is 31.5 Å². The van der Waals surface area contributed by atoms with Crippen LogP contribution in [0.4, 0.5) is 0 Å². The number of rotatable bonds is 5. The van der Waals surface area contributed by atoms with E-state index in [1.54, 1.807) is 13.2 Å². The molecule has 15 heavy (non-hydrogen) atoms. The van der Waals surface area contributed by atoms with E-state index in [1.807, 2.05) is 0 Å². The van der Waals surface area contributed by atoms with Crippen molar-refractivity contribution in [2.24, 2.45) is 0 Å². The monoisotopic (exact) mass is 228 g/mol. The molecule has 1 rings (SSSR count). The maximum Gasteiger partial charge on any atom is 0.269 e. The SMILES string of the molecule is COCCCNC(=O)c1cc(Cl)ccn1. The first-order valence-corrected chi connectivity index (χ1v) is 5.00. The van der Waals surface area contributed by atoms with E-state index in [0.29, 0.717) is 23.9 Å². The Morgan fingerprint density at radius 2 is 2.47 bits per heavy atom. The first-order chi connectivity index (χ1) is 7.24. The van der Waals surface area contributed by atoms with Crippen molar-refractivity contribution in [2.75, 3.05) is 20.3 Å². The van der Waals surface area contributed by atoms with Gasteiger partial charge in [-0.2, -0.15) is 0 Å². The summed E-state index contributed by atoms with van der Waals surface area (Å²) in [6.45, 7) is 1.20. The molecule has 1 aromatic heterocycles. The van der Waals surface area contributed by atoms with Crippen LogP contribution in [0.2, 0.25) is 5.02 Å². The highest BCUT2D eigenvalue weighted by atomic mass is 35.5. The summed E-state index contributed by atoms with van der Waals surface area (Å²) < 4.78 is 4.86. The zero-order chi connectivity index (χ0) is 11.1. The largest absolute Gasteiger partial charge is 0.385 e. The Morgan fingerprint density at radius 3 is 3.13 bits per heavy atom. The maximum atomic E-state index is 11.5. The minimum absolute atomic E-state index is 0.214. The normalized spacial score (nSPS) is 10.0. The van der Waals surface area contributed by atoms with E-state index in [4.69, 9.17) is 16.3 Å². The Hall–Kier alpha value is -1.13. The van der Waals surface area contributed by atoms with Crippen molar-refractivity contribution in [3.8, 4) is 0 Å². The molecule has 1 N–H and O–H groups in total. The van der Waals surface area contributed by atoms with Crippen LogP contribution >= 0.6 is 11.6 Å². The third-order valence-corrected chi connectivity index (χ3v) is 2.00. The van der Waals surface area contributed by atoms with Gasteiger partial charge in [-0.05, 0) is 18.6 Å². The summed E-state index contributed by atoms with van der Waals surface area (Å²) in [6, 6.07) is 3.16. The van der Waals surface area contributed by atoms with Crippen LogP contribution in [0.5, 0.6) is 0 Å². The lowest BCUT2D eigenvalue weighted by Gasteiger charge is -2.03. The molecule has 0 fully saturated rings. The Labute approximate surface area is 93.6 Å². The van der Waals surface area contributed by atoms with Crippen LogP contribution in [0.1, 0.15) is 16.9 Å². The van der Waals surface area contributed by atoms with E-state index in [2.05, 4.69) is 10.3 Å². The number of ether oxygens (including phenoxy) is 1. The second-order valence-electron chi connectivity index (χ2n) is 2.96. The summed E-state index contributed by atoms with van der Waals surface area (Å²) >= 11 is 5.73. The number of nitrogens with zero attached hydrogens (tertiary/aromatic N) is 1. The standard InChI is InChI=1S/C10H13ClN2O2/c1-15-6-2-4-13-10(14)9-7-8(11)3-5-12-9/h3,5,7H,2,4,6H2,1H3,(H,13,14). The average molecular weight is 229 g/mol. The first kappa shape index (κ1) is 11.9. The fourth-order valence-corrected chi connectivity index (χ4v) is 1.20. The molecule has 0 aliphatic heterocycles. The van der Waals surface area contributed by atoms with E-state index >= 15 is 0 Å². The van der Waals surface area contributed by atoms with Gasteiger partial charge in [0.1, 0.15) is 5.69 Å². The Balaban J connectivity index is 2.40. The Kier molecular flexibility index (Phi) is 5.07. The number of methoxy groups -OCH3 is 1. The van der Waals surface area contributed by atoms with Crippen molar-refractivity contribution in [2.45, 2.75) is 6.42 Å². The summed E-state index contributed by atoms with van der Waals surface area (Å²) in [4.78, 5) is 15.4. The highest BCUT2D eigenvalue weighted by Gasteiger charge is 2.05. The highest BCUT2D eigenvalue weighted by Crippen LogP contribution is 2.07. The van der Waals surface area contributed by atoms with Crippen LogP contribution in [-0.4, -0.2) is 31.2 Å². The summed E-state index contributed by atoms with van der Waals surface area (Å²) in [5.41, 5.74) is 0.333. The van der Waals surface area contributed by atoms with Crippen LogP contribution in [0.25, 0.3) is 0 Å². The van der Waals surface area contributed by atoms with E-state index in [9.17, 15) is 4.79 Å². The van der Waals surface area contributed by atoms with Crippen molar-refractivity contribution in [1.29, 1.82) is 0 Å². The summed E-state index contributed by atoms with van der Waals surface area (Å²) in [5, 5.41) is 3.23. The third kappa shape index (κ3) is 4.27. The van der Waals surface area contributed by atoms with Gasteiger partial charge in [0.05, 0.1) is 0 Å². The van der Waals surface area contributed by atoms with Crippen LogP contribution in [-0.2, 0) is 4.74 Å². The fraction of sp³-hybridized carbons (Fsp3) is 0.400. The number of nitrogens with one attached hydrogen (secondary N) is 1. The number of hydrogen-bond donors (Lipinski definition) is 1. The van der Waals surface area contributed by atoms with Crippen molar-refractivity contribution in [3.05, 3.63) is 29.0 Å². The van der Waals surface area contributed by atoms with Gasteiger partial charge >= 0.3 is 0 Å². The van der Waals surface area contributed by atoms with Gasteiger partial charge in [-0.15, -0.1) is 0 Å². The van der Waals surface area contributed by atoms with Crippen LogP contribution in [0, 0.1) is 0 Å². The molecule has 0 atom stereocenters. The molecule has 0 saturated heterocycles. The topological polar surface area (TPSA) is 51.2 Å². The number of hydrogen-bond acceptors (Lipinski definition) is 3. The van der Waals surface area contributed by atoms with Gasteiger partial charge in [-0.25, -0.2) is 0 Å². The quantitative estimate of drug-likeness (QED) is 0.778. The maximum absolute atomic E-state index is 11.5. The predicted molar refractivity (Wildman–Crippen MR) is 58.1 cm³/mol. The summed E-state index contributed by atoms with van der Waals surface area (Å²) in [5.74, 6) is -0.214. The van der Waals surface area contributed by atoms with Crippen molar-refractivity contribution >= 4 is 17.5 Å². The third-order valence-electron chi connectivity index (χ3n) is 1.77. The Morgan fingerprint density at radius 1 is 1.67 bits per heavy atom. The smallest absolute Gasteiger partial charge is 0.269 e. The molecule has 0 bridgehead atoms. The van der Waals surface area contributed by atoms with Gasteiger partial charge in [-0.3, -0.25) is 9.78 Å². The minimum Gasteiger partial charge on any atom is -0.385 e. The average Bonchev–Trinajstić information content (AvgIpc) is 2.24. The molecule has 1 heterocycles. The van der Waals surface area contributed by atoms with Gasteiger partial charge in [-0.1, -0.05) is 11.6 Å². The summed E-state index contributed by atoms with van der Waals surface area (Å²) in [6.07, 6.45) is 2.29. The molecule has 0 aliphatic carbocycles. The number of aromatic nitrogens is 1. The molecular formula is C10H13ClN2O2. The van der Waals surface area contributed by atoms with E-state index in [-0.39, 0.29) is 5.91 Å². The lowest BCUT2D eigenvalue weighted by Crippen LogP contribution is -2.25. The molecule has 0 aromatic carbocycles. The molecular weight excluding hydrogens is 216 g/mol. The van der Waals surface area contributed by atoms with Crippen LogP contribution in [0.3, 0.4) is 0 Å². The number of amides is 1. The van der Waals surface area contributed by atoms with E-state index < -0.39 is 0 Å². The second-order valence-corrected chi connectivity index (χ2v) is 3.40. The zero-order valence-electron chi connectivity index (χ0n) is 8.50. The van der Waals surface area contributed by atoms with Gasteiger partial charge in [0.2, 0.25) is 0 Å². The first-order valence-electron chi connectivity index (χ1n) is 4.62. The number of halogens is 1. The number of carbonyl (C=O) groups excluding carboxylic acids is 1. The van der Waals surface area contributed by atoms with Gasteiger partial charge < -0.3 is 10.1 Å². The molecule has 0 spiro atoms. The van der Waals surface area contributed by atoms with Crippen LogP contribution < -0.4 is 5.32 Å². The lowest BCUT2D eigenvalue weighted by molar-refractivity contribution is 0.0943. The molecule has 1 amide bonds. The molecule has 1 aromatic rings. The molecule has 0 unspecified atom stereocenters. The second kappa shape index (κ2) is 6.37. The molecule has 82 valence electrons. The molecule has 5 heteroatoms. The molecule has 0 saturated carbocycles. The number of pyridine rings is 1. The zero-order valence-corrected chi connectivity index (χ0v) is 9.25. The van der Waals surface area contributed by atoms with E-state index in [0.717, 1.165) is 6.42 Å². The highest BCUT2D eigenvalue weighted by molar-refractivity contribution is 6.30. The predicted octanol–water partition coefficient (Wildman–Crippen LogP) is 1.50. The molecule has 0 radical (unpaired) electrons. The van der Waals surface area contributed by atoms with Crippen LogP contribution in [0.15, 0.2) is 18.3 Å². The minimum atomic E-state index is -0.214. The number of carbonyl (C=O) groups is 1. The molecule has 4 nitrogen and oxygen atoms in total. The van der Waals surface area contributed by atoms with Crippen molar-refractivity contribution in [1.82, 2.24) is 10.3 Å². The summed E-state index contributed by atoms with van der Waals surface area (Å²) in [7, 11) is 1.63.